The average molecular weight is 274 g/mol. The Bertz CT molecular complexity index is 409. The van der Waals surface area contributed by atoms with Crippen LogP contribution in [0.3, 0.4) is 0 Å². The van der Waals surface area contributed by atoms with Crippen LogP contribution in [0.25, 0.3) is 0 Å². The second-order valence-corrected chi connectivity index (χ2v) is 5.40. The summed E-state index contributed by atoms with van der Waals surface area (Å²) in [5.74, 6) is -0.735. The van der Waals surface area contributed by atoms with E-state index in [2.05, 4.69) is 5.32 Å². The van der Waals surface area contributed by atoms with Gasteiger partial charge in [0.05, 0.1) is 6.54 Å². The molecule has 1 aromatic carbocycles. The number of carbonyl (C=O) groups excluding carboxylic acids is 1. The summed E-state index contributed by atoms with van der Waals surface area (Å²) in [5.41, 5.74) is 0.185. The standard InChI is InChI=1S/C13H17ClFNO2/c1-13(2,3)18-12(17)8-16-7-9-4-10(14)6-11(15)5-9/h4-6,16H,7-8H2,1-3H3. The molecule has 0 unspecified atom stereocenters. The van der Waals surface area contributed by atoms with Crippen molar-refractivity contribution >= 4 is 17.6 Å². The molecule has 0 amide bonds. The summed E-state index contributed by atoms with van der Waals surface area (Å²) < 4.78 is 18.2. The predicted molar refractivity (Wildman–Crippen MR) is 69.0 cm³/mol. The lowest BCUT2D eigenvalue weighted by atomic mass is 10.2. The zero-order valence-electron chi connectivity index (χ0n) is 10.7. The van der Waals surface area contributed by atoms with Gasteiger partial charge in [0.25, 0.3) is 0 Å². The lowest BCUT2D eigenvalue weighted by Gasteiger charge is -2.19. The molecule has 0 radical (unpaired) electrons. The summed E-state index contributed by atoms with van der Waals surface area (Å²) in [7, 11) is 0. The number of hydrogen-bond acceptors (Lipinski definition) is 3. The number of halogens is 2. The van der Waals surface area contributed by atoms with Gasteiger partial charge in [-0.2, -0.15) is 0 Å². The van der Waals surface area contributed by atoms with Crippen molar-refractivity contribution in [3.05, 3.63) is 34.6 Å². The number of esters is 1. The highest BCUT2D eigenvalue weighted by Crippen LogP contribution is 2.13. The first-order valence-electron chi connectivity index (χ1n) is 5.64. The van der Waals surface area contributed by atoms with Crippen molar-refractivity contribution in [2.45, 2.75) is 32.9 Å². The van der Waals surface area contributed by atoms with Crippen molar-refractivity contribution < 1.29 is 13.9 Å². The molecule has 3 nitrogen and oxygen atoms in total. The van der Waals surface area contributed by atoms with Gasteiger partial charge in [0, 0.05) is 11.6 Å². The molecule has 0 saturated carbocycles. The summed E-state index contributed by atoms with van der Waals surface area (Å²) in [6, 6.07) is 4.25. The van der Waals surface area contributed by atoms with Crippen molar-refractivity contribution in [1.29, 1.82) is 0 Å². The highest BCUT2D eigenvalue weighted by atomic mass is 35.5. The Labute approximate surface area is 111 Å². The number of hydrogen-bond donors (Lipinski definition) is 1. The maximum absolute atomic E-state index is 13.0. The van der Waals surface area contributed by atoms with Gasteiger partial charge in [0.2, 0.25) is 0 Å². The topological polar surface area (TPSA) is 38.3 Å². The summed E-state index contributed by atoms with van der Waals surface area (Å²) in [5, 5.41) is 3.22. The lowest BCUT2D eigenvalue weighted by Crippen LogP contribution is -2.31. The summed E-state index contributed by atoms with van der Waals surface area (Å²) in [4.78, 5) is 11.4. The Kier molecular flexibility index (Phi) is 5.11. The van der Waals surface area contributed by atoms with Crippen LogP contribution in [0.4, 0.5) is 4.39 Å². The SMILES string of the molecule is CC(C)(C)OC(=O)CNCc1cc(F)cc(Cl)c1. The molecule has 0 aliphatic rings. The Hall–Kier alpha value is -1.13. The van der Waals surface area contributed by atoms with E-state index in [0.29, 0.717) is 17.1 Å². The molecule has 1 aromatic rings. The van der Waals surface area contributed by atoms with Gasteiger partial charge < -0.3 is 10.1 Å². The van der Waals surface area contributed by atoms with E-state index in [4.69, 9.17) is 16.3 Å². The van der Waals surface area contributed by atoms with Crippen molar-refractivity contribution in [1.82, 2.24) is 5.32 Å². The normalized spacial score (nSPS) is 11.4. The molecule has 0 heterocycles. The maximum Gasteiger partial charge on any atom is 0.320 e. The largest absolute Gasteiger partial charge is 0.459 e. The molecular formula is C13H17ClFNO2. The zero-order valence-corrected chi connectivity index (χ0v) is 11.5. The molecule has 0 saturated heterocycles. The molecule has 1 rings (SSSR count). The minimum atomic E-state index is -0.499. The van der Waals surface area contributed by atoms with Gasteiger partial charge in [-0.25, -0.2) is 4.39 Å². The molecule has 0 aliphatic carbocycles. The van der Waals surface area contributed by atoms with Gasteiger partial charge in [-0.1, -0.05) is 11.6 Å². The number of carbonyl (C=O) groups is 1. The van der Waals surface area contributed by atoms with E-state index in [-0.39, 0.29) is 12.5 Å². The highest BCUT2D eigenvalue weighted by Gasteiger charge is 2.15. The Balaban J connectivity index is 2.40. The van der Waals surface area contributed by atoms with Crippen LogP contribution in [0.2, 0.25) is 5.02 Å². The van der Waals surface area contributed by atoms with Crippen LogP contribution in [-0.4, -0.2) is 18.1 Å². The molecule has 0 fully saturated rings. The van der Waals surface area contributed by atoms with E-state index in [1.807, 2.05) is 0 Å². The van der Waals surface area contributed by atoms with Gasteiger partial charge in [-0.15, -0.1) is 0 Å². The fourth-order valence-corrected chi connectivity index (χ4v) is 1.64. The van der Waals surface area contributed by atoms with E-state index >= 15 is 0 Å². The summed E-state index contributed by atoms with van der Waals surface area (Å²) in [6.07, 6.45) is 0. The number of ether oxygens (including phenoxy) is 1. The van der Waals surface area contributed by atoms with Crippen LogP contribution in [0.1, 0.15) is 26.3 Å². The van der Waals surface area contributed by atoms with Gasteiger partial charge in [0.15, 0.2) is 0 Å². The molecule has 0 aliphatic heterocycles. The molecule has 1 N–H and O–H groups in total. The highest BCUT2D eigenvalue weighted by molar-refractivity contribution is 6.30. The van der Waals surface area contributed by atoms with Gasteiger partial charge in [-0.05, 0) is 44.5 Å². The first-order valence-corrected chi connectivity index (χ1v) is 6.01. The van der Waals surface area contributed by atoms with Gasteiger partial charge in [-0.3, -0.25) is 4.79 Å². The van der Waals surface area contributed by atoms with E-state index in [1.54, 1.807) is 26.8 Å². The third-order valence-corrected chi connectivity index (χ3v) is 2.16. The third kappa shape index (κ3) is 5.98. The maximum atomic E-state index is 13.0. The fourth-order valence-electron chi connectivity index (χ4n) is 1.40. The van der Waals surface area contributed by atoms with Crippen LogP contribution in [0.15, 0.2) is 18.2 Å². The Morgan fingerprint density at radius 2 is 2.06 bits per heavy atom. The van der Waals surface area contributed by atoms with Crippen LogP contribution in [0.5, 0.6) is 0 Å². The van der Waals surface area contributed by atoms with Crippen LogP contribution in [0, 0.1) is 5.82 Å². The number of rotatable bonds is 4. The minimum absolute atomic E-state index is 0.0748. The van der Waals surface area contributed by atoms with E-state index in [0.717, 1.165) is 0 Å². The second kappa shape index (κ2) is 6.16. The van der Waals surface area contributed by atoms with Crippen LogP contribution in [-0.2, 0) is 16.1 Å². The average Bonchev–Trinajstić information content (AvgIpc) is 2.12. The third-order valence-electron chi connectivity index (χ3n) is 1.94. The number of nitrogens with one attached hydrogen (secondary N) is 1. The second-order valence-electron chi connectivity index (χ2n) is 4.97. The zero-order chi connectivity index (χ0) is 13.8. The Morgan fingerprint density at radius 3 is 2.61 bits per heavy atom. The molecule has 100 valence electrons. The van der Waals surface area contributed by atoms with E-state index in [1.165, 1.54) is 12.1 Å². The molecule has 5 heteroatoms. The monoisotopic (exact) mass is 273 g/mol. The van der Waals surface area contributed by atoms with Gasteiger partial charge in [0.1, 0.15) is 11.4 Å². The first-order chi connectivity index (χ1) is 8.26. The lowest BCUT2D eigenvalue weighted by molar-refractivity contribution is -0.153. The molecule has 0 aromatic heterocycles. The molecule has 0 atom stereocenters. The predicted octanol–water partition coefficient (Wildman–Crippen LogP) is 2.91. The quantitative estimate of drug-likeness (QED) is 0.858. The molecule has 0 spiro atoms. The fraction of sp³-hybridized carbons (Fsp3) is 0.462. The number of benzene rings is 1. The minimum Gasteiger partial charge on any atom is -0.459 e. The molecular weight excluding hydrogens is 257 g/mol. The first kappa shape index (κ1) is 14.9. The van der Waals surface area contributed by atoms with Crippen molar-refractivity contribution in [3.8, 4) is 0 Å². The summed E-state index contributed by atoms with van der Waals surface area (Å²) >= 11 is 5.72. The smallest absolute Gasteiger partial charge is 0.320 e. The van der Waals surface area contributed by atoms with Crippen molar-refractivity contribution in [2.75, 3.05) is 6.54 Å². The summed E-state index contributed by atoms with van der Waals surface area (Å²) in [6.45, 7) is 5.84. The Morgan fingerprint density at radius 1 is 1.39 bits per heavy atom. The van der Waals surface area contributed by atoms with Crippen molar-refractivity contribution in [3.63, 3.8) is 0 Å². The molecule has 0 bridgehead atoms. The molecule has 18 heavy (non-hydrogen) atoms. The van der Waals surface area contributed by atoms with Crippen LogP contribution < -0.4 is 5.32 Å². The van der Waals surface area contributed by atoms with Crippen LogP contribution >= 0.6 is 11.6 Å². The van der Waals surface area contributed by atoms with Gasteiger partial charge >= 0.3 is 5.97 Å². The van der Waals surface area contributed by atoms with E-state index in [9.17, 15) is 9.18 Å². The van der Waals surface area contributed by atoms with E-state index < -0.39 is 11.4 Å². The van der Waals surface area contributed by atoms with Crippen molar-refractivity contribution in [2.24, 2.45) is 0 Å².